The van der Waals surface area contributed by atoms with Gasteiger partial charge in [-0.2, -0.15) is 4.39 Å². The molecule has 0 N–H and O–H groups in total. The van der Waals surface area contributed by atoms with E-state index in [1.807, 2.05) is 31.2 Å². The number of rotatable bonds is 2. The highest BCUT2D eigenvalue weighted by Crippen LogP contribution is 2.52. The third-order valence-electron chi connectivity index (χ3n) is 5.20. The number of aryl methyl sites for hydroxylation is 1. The van der Waals surface area contributed by atoms with Crippen LogP contribution in [0.2, 0.25) is 0 Å². The van der Waals surface area contributed by atoms with E-state index in [-0.39, 0.29) is 0 Å². The number of nitrogens with zero attached hydrogens (tertiary/aromatic N) is 4. The zero-order valence-electron chi connectivity index (χ0n) is 13.4. The van der Waals surface area contributed by atoms with Gasteiger partial charge in [-0.3, -0.25) is 4.98 Å². The summed E-state index contributed by atoms with van der Waals surface area (Å²) in [5.74, 6) is 1.20. The van der Waals surface area contributed by atoms with Crippen molar-refractivity contribution in [1.29, 1.82) is 0 Å². The van der Waals surface area contributed by atoms with E-state index in [2.05, 4.69) is 14.5 Å². The van der Waals surface area contributed by atoms with Crippen LogP contribution in [0, 0.1) is 12.9 Å². The number of pyridine rings is 2. The molecule has 0 unspecified atom stereocenters. The molecule has 0 spiro atoms. The molecule has 5 heteroatoms. The molecule has 2 aliphatic rings. The molecule has 4 heterocycles. The van der Waals surface area contributed by atoms with Crippen LogP contribution in [-0.4, -0.2) is 19.5 Å². The summed E-state index contributed by atoms with van der Waals surface area (Å²) >= 11 is 0. The van der Waals surface area contributed by atoms with Gasteiger partial charge in [0.15, 0.2) is 0 Å². The normalized spacial score (nSPS) is 21.2. The van der Waals surface area contributed by atoms with Crippen molar-refractivity contribution in [2.24, 2.45) is 0 Å². The van der Waals surface area contributed by atoms with E-state index in [9.17, 15) is 4.39 Å². The molecule has 24 heavy (non-hydrogen) atoms. The van der Waals surface area contributed by atoms with Crippen LogP contribution >= 0.6 is 0 Å². The van der Waals surface area contributed by atoms with Gasteiger partial charge in [0, 0.05) is 35.5 Å². The molecule has 2 bridgehead atoms. The van der Waals surface area contributed by atoms with Crippen LogP contribution < -0.4 is 0 Å². The third-order valence-corrected chi connectivity index (χ3v) is 5.20. The number of hydrogen-bond acceptors (Lipinski definition) is 3. The zero-order valence-corrected chi connectivity index (χ0v) is 13.4. The van der Waals surface area contributed by atoms with E-state index in [4.69, 9.17) is 4.98 Å². The molecular weight excluding hydrogens is 303 g/mol. The second kappa shape index (κ2) is 4.97. The van der Waals surface area contributed by atoms with E-state index in [1.165, 1.54) is 25.1 Å². The van der Waals surface area contributed by atoms with E-state index < -0.39 is 5.95 Å². The minimum atomic E-state index is -0.464. The lowest BCUT2D eigenvalue weighted by Crippen LogP contribution is -2.08. The monoisotopic (exact) mass is 320 g/mol. The van der Waals surface area contributed by atoms with Crippen molar-refractivity contribution in [2.75, 3.05) is 0 Å². The largest absolute Gasteiger partial charge is 0.324 e. The Morgan fingerprint density at radius 3 is 2.92 bits per heavy atom. The first-order chi connectivity index (χ1) is 11.7. The molecule has 1 fully saturated rings. The number of hydrogen-bond donors (Lipinski definition) is 0. The second-order valence-corrected chi connectivity index (χ2v) is 6.73. The molecule has 5 rings (SSSR count). The maximum Gasteiger partial charge on any atom is 0.213 e. The first-order valence-electron chi connectivity index (χ1n) is 8.39. The Morgan fingerprint density at radius 1 is 1.17 bits per heavy atom. The van der Waals surface area contributed by atoms with Crippen LogP contribution in [0.1, 0.15) is 42.7 Å². The molecule has 0 aromatic carbocycles. The van der Waals surface area contributed by atoms with Gasteiger partial charge in [-0.25, -0.2) is 9.97 Å². The fourth-order valence-electron chi connectivity index (χ4n) is 4.21. The van der Waals surface area contributed by atoms with Gasteiger partial charge in [0.25, 0.3) is 0 Å². The van der Waals surface area contributed by atoms with E-state index in [1.54, 1.807) is 0 Å². The van der Waals surface area contributed by atoms with Gasteiger partial charge in [0.05, 0.1) is 11.4 Å². The summed E-state index contributed by atoms with van der Waals surface area (Å²) in [4.78, 5) is 13.3. The van der Waals surface area contributed by atoms with Gasteiger partial charge in [-0.05, 0) is 44.4 Å². The van der Waals surface area contributed by atoms with E-state index >= 15 is 0 Å². The molecule has 1 saturated carbocycles. The lowest BCUT2D eigenvalue weighted by atomic mass is 10.1. The summed E-state index contributed by atoms with van der Waals surface area (Å²) in [6.07, 6.45) is 5.05. The van der Waals surface area contributed by atoms with Gasteiger partial charge >= 0.3 is 0 Å². The molecule has 0 radical (unpaired) electrons. The average Bonchev–Trinajstić information content (AvgIpc) is 3.26. The Hall–Kier alpha value is -2.56. The summed E-state index contributed by atoms with van der Waals surface area (Å²) in [7, 11) is 0. The molecule has 0 saturated heterocycles. The van der Waals surface area contributed by atoms with Crippen LogP contribution in [0.25, 0.3) is 22.6 Å². The van der Waals surface area contributed by atoms with Crippen LogP contribution in [0.5, 0.6) is 0 Å². The lowest BCUT2D eigenvalue weighted by Gasteiger charge is -2.17. The first-order valence-corrected chi connectivity index (χ1v) is 8.39. The number of aromatic nitrogens is 4. The number of fused-ring (bicyclic) bond motifs is 5. The first kappa shape index (κ1) is 13.8. The molecule has 0 amide bonds. The highest BCUT2D eigenvalue weighted by molar-refractivity contribution is 5.78. The summed E-state index contributed by atoms with van der Waals surface area (Å²) in [5.41, 5.74) is 4.47. The van der Waals surface area contributed by atoms with Crippen molar-refractivity contribution in [3.05, 3.63) is 54.0 Å². The Balaban J connectivity index is 1.79. The van der Waals surface area contributed by atoms with Crippen LogP contribution in [-0.2, 0) is 0 Å². The smallest absolute Gasteiger partial charge is 0.213 e. The van der Waals surface area contributed by atoms with Crippen molar-refractivity contribution in [2.45, 2.75) is 38.1 Å². The molecule has 1 aliphatic carbocycles. The summed E-state index contributed by atoms with van der Waals surface area (Å²) in [5, 5.41) is 0. The molecular formula is C19H17FN4. The summed E-state index contributed by atoms with van der Waals surface area (Å²) in [6.45, 7) is 1.97. The van der Waals surface area contributed by atoms with Crippen LogP contribution in [0.3, 0.4) is 0 Å². The lowest BCUT2D eigenvalue weighted by molar-refractivity contribution is 0.529. The molecule has 3 aromatic heterocycles. The topological polar surface area (TPSA) is 43.6 Å². The number of halogens is 1. The predicted molar refractivity (Wildman–Crippen MR) is 89.0 cm³/mol. The van der Waals surface area contributed by atoms with Crippen molar-refractivity contribution in [3.8, 4) is 22.6 Å². The SMILES string of the molecule is Cc1cccc(-c2nc3n(c2-c2ccnc(F)c2)[C@H]2CC[C@@H]3C2)n1. The van der Waals surface area contributed by atoms with Gasteiger partial charge in [0.1, 0.15) is 11.5 Å². The third kappa shape index (κ3) is 1.94. The molecule has 120 valence electrons. The van der Waals surface area contributed by atoms with Gasteiger partial charge in [-0.1, -0.05) is 6.07 Å². The Labute approximate surface area is 139 Å². The van der Waals surface area contributed by atoms with Crippen molar-refractivity contribution in [3.63, 3.8) is 0 Å². The second-order valence-electron chi connectivity index (χ2n) is 6.73. The fourth-order valence-corrected chi connectivity index (χ4v) is 4.21. The summed E-state index contributed by atoms with van der Waals surface area (Å²) in [6, 6.07) is 9.78. The summed E-state index contributed by atoms with van der Waals surface area (Å²) < 4.78 is 16.1. The molecule has 1 aliphatic heterocycles. The average molecular weight is 320 g/mol. The Morgan fingerprint density at radius 2 is 2.08 bits per heavy atom. The van der Waals surface area contributed by atoms with Gasteiger partial charge < -0.3 is 4.57 Å². The van der Waals surface area contributed by atoms with E-state index in [0.29, 0.717) is 12.0 Å². The minimum absolute atomic E-state index is 0.464. The van der Waals surface area contributed by atoms with Crippen molar-refractivity contribution < 1.29 is 4.39 Å². The fraction of sp³-hybridized carbons (Fsp3) is 0.316. The van der Waals surface area contributed by atoms with Crippen LogP contribution in [0.4, 0.5) is 4.39 Å². The molecule has 4 nitrogen and oxygen atoms in total. The maximum absolute atomic E-state index is 13.7. The standard InChI is InChI=1S/C19H17FN4/c1-11-3-2-4-15(22-11)17-18(12-7-8-21-16(20)10-12)24-14-6-5-13(9-14)19(24)23-17/h2-4,7-8,10,13-14H,5-6,9H2,1H3/t13-,14+/m1/s1. The Bertz CT molecular complexity index is 946. The minimum Gasteiger partial charge on any atom is -0.324 e. The maximum atomic E-state index is 13.7. The number of imidazole rings is 1. The predicted octanol–water partition coefficient (Wildman–Crippen LogP) is 4.28. The van der Waals surface area contributed by atoms with Gasteiger partial charge in [0.2, 0.25) is 5.95 Å². The van der Waals surface area contributed by atoms with Crippen LogP contribution in [0.15, 0.2) is 36.5 Å². The van der Waals surface area contributed by atoms with Crippen molar-refractivity contribution >= 4 is 0 Å². The highest BCUT2D eigenvalue weighted by Gasteiger charge is 2.41. The quantitative estimate of drug-likeness (QED) is 0.662. The Kier molecular flexibility index (Phi) is 2.86. The molecule has 3 aromatic rings. The van der Waals surface area contributed by atoms with E-state index in [0.717, 1.165) is 40.6 Å². The highest BCUT2D eigenvalue weighted by atomic mass is 19.1. The van der Waals surface area contributed by atoms with Crippen molar-refractivity contribution in [1.82, 2.24) is 19.5 Å². The molecule has 2 atom stereocenters. The zero-order chi connectivity index (χ0) is 16.3. The van der Waals surface area contributed by atoms with Gasteiger partial charge in [-0.15, -0.1) is 0 Å².